The summed E-state index contributed by atoms with van der Waals surface area (Å²) in [5.74, 6) is 0.263. The van der Waals surface area contributed by atoms with E-state index < -0.39 is 11.9 Å². The number of halogens is 3. The number of anilines is 2. The van der Waals surface area contributed by atoms with Gasteiger partial charge in [-0.25, -0.2) is 4.98 Å². The largest absolute Gasteiger partial charge is 0.433 e. The molecule has 2 aromatic heterocycles. The van der Waals surface area contributed by atoms with Crippen LogP contribution in [-0.2, 0) is 10.9 Å². The third-order valence-electron chi connectivity index (χ3n) is 5.55. The van der Waals surface area contributed by atoms with Crippen molar-refractivity contribution in [3.05, 3.63) is 66.5 Å². The number of pyridine rings is 1. The van der Waals surface area contributed by atoms with E-state index in [1.54, 1.807) is 22.8 Å². The molecular weight excluding hydrogens is 419 g/mol. The van der Waals surface area contributed by atoms with E-state index in [1.165, 1.54) is 12.1 Å². The lowest BCUT2D eigenvalue weighted by Crippen LogP contribution is -2.36. The molecule has 2 N–H and O–H groups in total. The van der Waals surface area contributed by atoms with Gasteiger partial charge in [0.15, 0.2) is 5.69 Å². The zero-order valence-electron chi connectivity index (χ0n) is 17.0. The van der Waals surface area contributed by atoms with Crippen molar-refractivity contribution >= 4 is 22.7 Å². The van der Waals surface area contributed by atoms with Gasteiger partial charge in [0.05, 0.1) is 24.2 Å². The molecule has 0 unspecified atom stereocenters. The van der Waals surface area contributed by atoms with Crippen LogP contribution in [0.3, 0.4) is 0 Å². The minimum atomic E-state index is -4.56. The maximum absolute atomic E-state index is 13.5. The molecule has 1 saturated heterocycles. The van der Waals surface area contributed by atoms with Crippen LogP contribution in [0.1, 0.15) is 5.69 Å². The standard InChI is InChI=1S/C23H20F3N5O/c24-23(25,26)21-18(2-1-9-28-21)15-3-8-19-20(14-15)31(22(27)29-19)17-6-4-16(5-7-17)30-10-12-32-13-11-30/h1-9,14H,10-13H2,(H2,27,29). The molecule has 0 bridgehead atoms. The third kappa shape index (κ3) is 3.64. The monoisotopic (exact) mass is 439 g/mol. The number of ether oxygens (including phenoxy) is 1. The molecule has 1 fully saturated rings. The molecule has 0 saturated carbocycles. The molecule has 1 aliphatic heterocycles. The Balaban J connectivity index is 1.58. The average molecular weight is 439 g/mol. The fourth-order valence-corrected chi connectivity index (χ4v) is 4.03. The number of alkyl halides is 3. The number of benzene rings is 2. The van der Waals surface area contributed by atoms with Crippen molar-refractivity contribution in [3.8, 4) is 16.8 Å². The normalized spacial score (nSPS) is 14.8. The Bertz CT molecular complexity index is 1260. The van der Waals surface area contributed by atoms with Crippen LogP contribution in [0.5, 0.6) is 0 Å². The molecule has 0 radical (unpaired) electrons. The summed E-state index contributed by atoms with van der Waals surface area (Å²) >= 11 is 0. The summed E-state index contributed by atoms with van der Waals surface area (Å²) in [4.78, 5) is 10.2. The van der Waals surface area contributed by atoms with Gasteiger partial charge in [-0.3, -0.25) is 9.55 Å². The highest BCUT2D eigenvalue weighted by Gasteiger charge is 2.35. The fourth-order valence-electron chi connectivity index (χ4n) is 4.03. The van der Waals surface area contributed by atoms with Gasteiger partial charge >= 0.3 is 6.18 Å². The van der Waals surface area contributed by atoms with Gasteiger partial charge in [0, 0.05) is 36.2 Å². The number of aromatic nitrogens is 3. The summed E-state index contributed by atoms with van der Waals surface area (Å²) in [5, 5.41) is 0. The van der Waals surface area contributed by atoms with Crippen LogP contribution >= 0.6 is 0 Å². The average Bonchev–Trinajstić information content (AvgIpc) is 3.14. The SMILES string of the molecule is Nc1nc2ccc(-c3cccnc3C(F)(F)F)cc2n1-c1ccc(N2CCOCC2)cc1. The molecule has 5 rings (SSSR count). The van der Waals surface area contributed by atoms with E-state index in [-0.39, 0.29) is 11.5 Å². The Morgan fingerprint density at radius 3 is 2.38 bits per heavy atom. The van der Waals surface area contributed by atoms with Crippen LogP contribution in [0.4, 0.5) is 24.8 Å². The van der Waals surface area contributed by atoms with Gasteiger partial charge in [0.2, 0.25) is 5.95 Å². The van der Waals surface area contributed by atoms with Gasteiger partial charge in [-0.2, -0.15) is 13.2 Å². The van der Waals surface area contributed by atoms with Crippen LogP contribution in [0, 0.1) is 0 Å². The maximum Gasteiger partial charge on any atom is 0.433 e. The summed E-state index contributed by atoms with van der Waals surface area (Å²) in [6, 6.07) is 15.7. The van der Waals surface area contributed by atoms with E-state index in [9.17, 15) is 13.2 Å². The summed E-state index contributed by atoms with van der Waals surface area (Å²) in [5.41, 5.74) is 8.74. The quantitative estimate of drug-likeness (QED) is 0.508. The number of rotatable bonds is 3. The van der Waals surface area contributed by atoms with E-state index in [1.807, 2.05) is 24.3 Å². The van der Waals surface area contributed by atoms with Crippen molar-refractivity contribution in [2.45, 2.75) is 6.18 Å². The highest BCUT2D eigenvalue weighted by atomic mass is 19.4. The molecule has 2 aromatic carbocycles. The number of imidazole rings is 1. The molecule has 0 aliphatic carbocycles. The van der Waals surface area contributed by atoms with Gasteiger partial charge in [-0.05, 0) is 48.0 Å². The summed E-state index contributed by atoms with van der Waals surface area (Å²) in [6.45, 7) is 3.03. The minimum Gasteiger partial charge on any atom is -0.378 e. The molecule has 0 atom stereocenters. The van der Waals surface area contributed by atoms with Gasteiger partial charge in [-0.15, -0.1) is 0 Å². The number of nitrogens with zero attached hydrogens (tertiary/aromatic N) is 4. The molecule has 164 valence electrons. The van der Waals surface area contributed by atoms with Crippen LogP contribution in [0.2, 0.25) is 0 Å². The van der Waals surface area contributed by atoms with E-state index in [0.29, 0.717) is 29.8 Å². The lowest BCUT2D eigenvalue weighted by molar-refractivity contribution is -0.140. The van der Waals surface area contributed by atoms with Crippen LogP contribution < -0.4 is 10.6 Å². The van der Waals surface area contributed by atoms with Gasteiger partial charge in [-0.1, -0.05) is 12.1 Å². The van der Waals surface area contributed by atoms with E-state index in [4.69, 9.17) is 10.5 Å². The molecule has 6 nitrogen and oxygen atoms in total. The molecule has 9 heteroatoms. The molecule has 32 heavy (non-hydrogen) atoms. The van der Waals surface area contributed by atoms with Crippen molar-refractivity contribution in [2.24, 2.45) is 0 Å². The second kappa shape index (κ2) is 7.83. The lowest BCUT2D eigenvalue weighted by atomic mass is 10.0. The van der Waals surface area contributed by atoms with Crippen LogP contribution in [0.15, 0.2) is 60.8 Å². The second-order valence-corrected chi connectivity index (χ2v) is 7.52. The predicted octanol–water partition coefficient (Wildman–Crippen LogP) is 4.53. The Hall–Kier alpha value is -3.59. The van der Waals surface area contributed by atoms with Crippen molar-refractivity contribution in [3.63, 3.8) is 0 Å². The highest BCUT2D eigenvalue weighted by Crippen LogP contribution is 2.37. The smallest absolute Gasteiger partial charge is 0.378 e. The van der Waals surface area contributed by atoms with Gasteiger partial charge in [0.25, 0.3) is 0 Å². The Labute approximate surface area is 182 Å². The number of morpholine rings is 1. The van der Waals surface area contributed by atoms with Gasteiger partial charge in [0.1, 0.15) is 0 Å². The fraction of sp³-hybridized carbons (Fsp3) is 0.217. The van der Waals surface area contributed by atoms with Crippen molar-refractivity contribution < 1.29 is 17.9 Å². The van der Waals surface area contributed by atoms with Crippen molar-refractivity contribution in [1.29, 1.82) is 0 Å². The summed E-state index contributed by atoms with van der Waals surface area (Å²) in [6.07, 6.45) is -3.41. The topological polar surface area (TPSA) is 69.2 Å². The van der Waals surface area contributed by atoms with Crippen molar-refractivity contribution in [1.82, 2.24) is 14.5 Å². The maximum atomic E-state index is 13.5. The Morgan fingerprint density at radius 1 is 0.938 bits per heavy atom. The number of nitrogens with two attached hydrogens (primary N) is 1. The molecular formula is C23H20F3N5O. The molecule has 1 aliphatic rings. The Morgan fingerprint density at radius 2 is 1.66 bits per heavy atom. The van der Waals surface area contributed by atoms with E-state index in [0.717, 1.165) is 30.7 Å². The highest BCUT2D eigenvalue weighted by molar-refractivity contribution is 5.86. The summed E-state index contributed by atoms with van der Waals surface area (Å²) in [7, 11) is 0. The zero-order chi connectivity index (χ0) is 22.3. The Kier molecular flexibility index (Phi) is 4.97. The number of hydrogen-bond donors (Lipinski definition) is 1. The first-order valence-corrected chi connectivity index (χ1v) is 10.2. The molecule has 3 heterocycles. The van der Waals surface area contributed by atoms with E-state index in [2.05, 4.69) is 14.9 Å². The zero-order valence-corrected chi connectivity index (χ0v) is 17.0. The van der Waals surface area contributed by atoms with E-state index >= 15 is 0 Å². The lowest BCUT2D eigenvalue weighted by Gasteiger charge is -2.29. The molecule has 4 aromatic rings. The molecule has 0 amide bonds. The number of nitrogen functional groups attached to an aromatic ring is 1. The first-order valence-electron chi connectivity index (χ1n) is 10.2. The van der Waals surface area contributed by atoms with Gasteiger partial charge < -0.3 is 15.4 Å². The van der Waals surface area contributed by atoms with Crippen LogP contribution in [-0.4, -0.2) is 40.8 Å². The van der Waals surface area contributed by atoms with Crippen LogP contribution in [0.25, 0.3) is 27.8 Å². The van der Waals surface area contributed by atoms with Crippen molar-refractivity contribution in [2.75, 3.05) is 36.9 Å². The summed E-state index contributed by atoms with van der Waals surface area (Å²) < 4.78 is 47.6. The molecule has 0 spiro atoms. The minimum absolute atomic E-state index is 0.0101. The third-order valence-corrected chi connectivity index (χ3v) is 5.55. The number of hydrogen-bond acceptors (Lipinski definition) is 5. The number of fused-ring (bicyclic) bond motifs is 1. The predicted molar refractivity (Wildman–Crippen MR) is 117 cm³/mol. The first kappa shape index (κ1) is 20.3. The second-order valence-electron chi connectivity index (χ2n) is 7.52. The first-order chi connectivity index (χ1) is 15.4.